The monoisotopic (exact) mass is 441 g/mol. The molecule has 0 saturated heterocycles. The van der Waals surface area contributed by atoms with Crippen LogP contribution in [0.2, 0.25) is 0 Å². The van der Waals surface area contributed by atoms with Crippen molar-refractivity contribution in [2.24, 2.45) is 0 Å². The van der Waals surface area contributed by atoms with Crippen LogP contribution in [-0.2, 0) is 0 Å². The Hall–Kier alpha value is -2.26. The van der Waals surface area contributed by atoms with E-state index in [1.807, 2.05) is 0 Å². The minimum absolute atomic E-state index is 0.179. The Morgan fingerprint density at radius 3 is 1.61 bits per heavy atom. The lowest BCUT2D eigenvalue weighted by Crippen LogP contribution is -2.12. The summed E-state index contributed by atoms with van der Waals surface area (Å²) in [4.78, 5) is 22.8. The molecule has 0 N–H and O–H groups in total. The zero-order valence-corrected chi connectivity index (χ0v) is 14.7. The molecule has 2 aromatic rings. The first-order valence-corrected chi connectivity index (χ1v) is 7.73. The van der Waals surface area contributed by atoms with E-state index in [1.54, 1.807) is 12.1 Å². The number of hydrogen-bond donors (Lipinski definition) is 0. The van der Waals surface area contributed by atoms with Gasteiger partial charge in [0.1, 0.15) is 11.4 Å². The molecule has 0 radical (unpaired) electrons. The summed E-state index contributed by atoms with van der Waals surface area (Å²) in [7, 11) is 0. The Morgan fingerprint density at radius 1 is 0.913 bits per heavy atom. The van der Waals surface area contributed by atoms with Gasteiger partial charge in [-0.15, -0.1) is 0 Å². The van der Waals surface area contributed by atoms with Gasteiger partial charge in [-0.1, -0.05) is 38.4 Å². The molecule has 2 rings (SSSR count). The molecule has 0 bridgehead atoms. The van der Waals surface area contributed by atoms with Crippen molar-refractivity contribution in [2.45, 2.75) is 0 Å². The molecule has 2 aromatic carbocycles. The van der Waals surface area contributed by atoms with Crippen LogP contribution < -0.4 is 4.90 Å². The van der Waals surface area contributed by atoms with Gasteiger partial charge in [-0.2, -0.15) is 0 Å². The number of halogens is 2. The second-order valence-corrected chi connectivity index (χ2v) is 6.16. The highest BCUT2D eigenvalue weighted by atomic mass is 79.9. The third kappa shape index (κ3) is 3.57. The minimum atomic E-state index is -0.554. The fraction of sp³-hybridized carbons (Fsp3) is 0. The SMILES string of the molecule is C=CN(c1ccc(Br)cc1[N+](=O)[O-])c1ccc(Br)cc1[N+](=O)[O-]. The van der Waals surface area contributed by atoms with E-state index < -0.39 is 9.85 Å². The van der Waals surface area contributed by atoms with Crippen LogP contribution in [0.15, 0.2) is 58.1 Å². The van der Waals surface area contributed by atoms with Crippen molar-refractivity contribution >= 4 is 54.6 Å². The largest absolute Gasteiger partial charge is 0.306 e. The Kier molecular flexibility index (Phi) is 5.12. The lowest BCUT2D eigenvalue weighted by molar-refractivity contribution is -0.384. The van der Waals surface area contributed by atoms with Crippen LogP contribution in [0, 0.1) is 20.2 Å². The molecule has 0 aromatic heterocycles. The number of nitro benzene ring substituents is 2. The lowest BCUT2D eigenvalue weighted by Gasteiger charge is -2.20. The molecule has 0 fully saturated rings. The van der Waals surface area contributed by atoms with Crippen LogP contribution in [0.25, 0.3) is 0 Å². The van der Waals surface area contributed by atoms with Crippen LogP contribution in [0.3, 0.4) is 0 Å². The average Bonchev–Trinajstić information content (AvgIpc) is 2.50. The van der Waals surface area contributed by atoms with Gasteiger partial charge in [-0.25, -0.2) is 0 Å². The molecule has 0 heterocycles. The molecule has 0 atom stereocenters. The zero-order valence-electron chi connectivity index (χ0n) is 11.5. The topological polar surface area (TPSA) is 89.5 Å². The first kappa shape index (κ1) is 17.1. The maximum atomic E-state index is 11.3. The fourth-order valence-corrected chi connectivity index (χ4v) is 2.72. The quantitative estimate of drug-likeness (QED) is 0.462. The average molecular weight is 443 g/mol. The van der Waals surface area contributed by atoms with Crippen LogP contribution in [0.5, 0.6) is 0 Å². The van der Waals surface area contributed by atoms with Gasteiger partial charge >= 0.3 is 0 Å². The van der Waals surface area contributed by atoms with Gasteiger partial charge in [-0.3, -0.25) is 20.2 Å². The smallest absolute Gasteiger partial charge is 0.294 e. The van der Waals surface area contributed by atoms with Gasteiger partial charge in [0.15, 0.2) is 0 Å². The number of hydrogen-bond acceptors (Lipinski definition) is 5. The number of nitrogens with zero attached hydrogens (tertiary/aromatic N) is 3. The molecule has 0 spiro atoms. The summed E-state index contributed by atoms with van der Waals surface area (Å²) >= 11 is 6.35. The summed E-state index contributed by atoms with van der Waals surface area (Å²) in [6.45, 7) is 3.62. The fourth-order valence-electron chi connectivity index (χ4n) is 2.02. The minimum Gasteiger partial charge on any atom is -0.306 e. The number of nitro groups is 2. The van der Waals surface area contributed by atoms with Crippen molar-refractivity contribution in [3.05, 3.63) is 78.4 Å². The second-order valence-electron chi connectivity index (χ2n) is 4.33. The van der Waals surface area contributed by atoms with Crippen molar-refractivity contribution in [1.29, 1.82) is 0 Å². The van der Waals surface area contributed by atoms with E-state index in [0.29, 0.717) is 8.95 Å². The number of anilines is 2. The van der Waals surface area contributed by atoms with Gasteiger partial charge < -0.3 is 4.90 Å². The number of rotatable bonds is 5. The first-order chi connectivity index (χ1) is 10.8. The molecule has 0 saturated carbocycles. The summed E-state index contributed by atoms with van der Waals surface area (Å²) in [5, 5.41) is 22.6. The third-order valence-electron chi connectivity index (χ3n) is 2.97. The normalized spacial score (nSPS) is 10.2. The van der Waals surface area contributed by atoms with Crippen LogP contribution >= 0.6 is 31.9 Å². The Morgan fingerprint density at radius 2 is 1.30 bits per heavy atom. The highest BCUT2D eigenvalue weighted by Crippen LogP contribution is 2.40. The van der Waals surface area contributed by atoms with Gasteiger partial charge in [0.25, 0.3) is 11.4 Å². The van der Waals surface area contributed by atoms with Gasteiger partial charge in [0.05, 0.1) is 9.85 Å². The van der Waals surface area contributed by atoms with Crippen LogP contribution in [0.1, 0.15) is 0 Å². The summed E-state index contributed by atoms with van der Waals surface area (Å²) in [5.74, 6) is 0. The summed E-state index contributed by atoms with van der Waals surface area (Å²) in [6, 6.07) is 8.88. The molecule has 0 aliphatic heterocycles. The molecule has 23 heavy (non-hydrogen) atoms. The van der Waals surface area contributed by atoms with E-state index in [0.717, 1.165) is 0 Å². The standard InChI is InChI=1S/C14H9Br2N3O4/c1-2-17(11-5-3-9(15)7-13(11)18(20)21)12-6-4-10(16)8-14(12)19(22)23/h2-8H,1H2. The molecule has 0 aliphatic rings. The summed E-state index contributed by atoms with van der Waals surface area (Å²) in [5.41, 5.74) is -0.0368. The Bertz CT molecular complexity index is 747. The summed E-state index contributed by atoms with van der Waals surface area (Å²) in [6.07, 6.45) is 1.30. The predicted molar refractivity (Wildman–Crippen MR) is 93.9 cm³/mol. The van der Waals surface area contributed by atoms with E-state index in [-0.39, 0.29) is 22.7 Å². The second kappa shape index (κ2) is 6.88. The molecule has 0 aliphatic carbocycles. The highest BCUT2D eigenvalue weighted by molar-refractivity contribution is 9.10. The first-order valence-electron chi connectivity index (χ1n) is 6.15. The van der Waals surface area contributed by atoms with Crippen molar-refractivity contribution in [3.8, 4) is 0 Å². The Balaban J connectivity index is 2.69. The van der Waals surface area contributed by atoms with E-state index in [1.165, 1.54) is 35.4 Å². The molecule has 7 nitrogen and oxygen atoms in total. The number of benzene rings is 2. The van der Waals surface area contributed by atoms with Gasteiger partial charge in [-0.05, 0) is 24.3 Å². The van der Waals surface area contributed by atoms with Crippen molar-refractivity contribution in [3.63, 3.8) is 0 Å². The molecule has 118 valence electrons. The van der Waals surface area contributed by atoms with Crippen LogP contribution in [-0.4, -0.2) is 9.85 Å². The zero-order chi connectivity index (χ0) is 17.1. The predicted octanol–water partition coefficient (Wildman–Crippen LogP) is 5.31. The summed E-state index contributed by atoms with van der Waals surface area (Å²) < 4.78 is 1.06. The molecule has 0 amide bonds. The van der Waals surface area contributed by atoms with E-state index in [2.05, 4.69) is 38.4 Å². The van der Waals surface area contributed by atoms with Crippen molar-refractivity contribution < 1.29 is 9.85 Å². The van der Waals surface area contributed by atoms with E-state index in [4.69, 9.17) is 0 Å². The third-order valence-corrected chi connectivity index (χ3v) is 3.96. The molecule has 0 unspecified atom stereocenters. The maximum Gasteiger partial charge on any atom is 0.294 e. The van der Waals surface area contributed by atoms with Gasteiger partial charge in [0.2, 0.25) is 0 Å². The van der Waals surface area contributed by atoms with Crippen molar-refractivity contribution in [1.82, 2.24) is 0 Å². The van der Waals surface area contributed by atoms with E-state index >= 15 is 0 Å². The Labute approximate surface area is 147 Å². The van der Waals surface area contributed by atoms with Crippen LogP contribution in [0.4, 0.5) is 22.7 Å². The molecular formula is C14H9Br2N3O4. The maximum absolute atomic E-state index is 11.3. The lowest BCUT2D eigenvalue weighted by atomic mass is 10.2. The molecular weight excluding hydrogens is 434 g/mol. The van der Waals surface area contributed by atoms with Gasteiger partial charge in [0, 0.05) is 27.3 Å². The highest BCUT2D eigenvalue weighted by Gasteiger charge is 2.25. The van der Waals surface area contributed by atoms with E-state index in [9.17, 15) is 20.2 Å². The molecule has 9 heteroatoms. The van der Waals surface area contributed by atoms with Crippen molar-refractivity contribution in [2.75, 3.05) is 4.90 Å².